The summed E-state index contributed by atoms with van der Waals surface area (Å²) in [6.45, 7) is 2.02. The van der Waals surface area contributed by atoms with Crippen molar-refractivity contribution in [2.24, 2.45) is 0 Å². The maximum atomic E-state index is 5.01. The molecule has 1 aromatic carbocycles. The Morgan fingerprint density at radius 2 is 1.83 bits per heavy atom. The molecule has 0 N–H and O–H groups in total. The van der Waals surface area contributed by atoms with Crippen LogP contribution < -0.4 is 4.74 Å². The summed E-state index contributed by atoms with van der Waals surface area (Å²) in [4.78, 5) is 0. The van der Waals surface area contributed by atoms with Gasteiger partial charge in [-0.05, 0) is 19.1 Å². The van der Waals surface area contributed by atoms with Gasteiger partial charge in [0.15, 0.2) is 12.2 Å². The Bertz CT molecular complexity index is 295. The fraction of sp³-hybridized carbons (Fsp3) is 0.111. The highest BCUT2D eigenvalue weighted by Gasteiger charge is 1.88. The summed E-state index contributed by atoms with van der Waals surface area (Å²) in [5.41, 5.74) is 1.19. The number of hydrogen-bond donors (Lipinski definition) is 0. The van der Waals surface area contributed by atoms with Gasteiger partial charge in [-0.3, -0.25) is 0 Å². The molecule has 0 atom stereocenters. The van der Waals surface area contributed by atoms with Crippen molar-refractivity contribution in [2.75, 3.05) is 0 Å². The summed E-state index contributed by atoms with van der Waals surface area (Å²) >= 11 is 1.68. The summed E-state index contributed by atoms with van der Waals surface area (Å²) in [6.07, 6.45) is 4.72. The van der Waals surface area contributed by atoms with Crippen molar-refractivity contribution in [3.63, 3.8) is 0 Å². The van der Waals surface area contributed by atoms with E-state index in [0.717, 1.165) is 5.75 Å². The van der Waals surface area contributed by atoms with Gasteiger partial charge in [-0.15, -0.1) is 0 Å². The molecule has 0 fully saturated rings. The number of ether oxygens (including phenoxy) is 1. The molecule has 0 unspecified atom stereocenters. The standard InChI is InChI=1S/C9H7IO2/c1-8-2-4-9(5-3-8)11-6-7-12-10/h2-5H,1H3. The third-order valence-electron chi connectivity index (χ3n) is 1.27. The monoisotopic (exact) mass is 274 g/mol. The smallest absolute Gasteiger partial charge is 0.208 e. The van der Waals surface area contributed by atoms with Crippen LogP contribution in [0.15, 0.2) is 24.3 Å². The van der Waals surface area contributed by atoms with Crippen LogP contribution in [0.1, 0.15) is 5.56 Å². The van der Waals surface area contributed by atoms with E-state index < -0.39 is 0 Å². The average Bonchev–Trinajstić information content (AvgIpc) is 2.09. The van der Waals surface area contributed by atoms with E-state index in [0.29, 0.717) is 0 Å². The van der Waals surface area contributed by atoms with E-state index in [9.17, 15) is 0 Å². The summed E-state index contributed by atoms with van der Waals surface area (Å²) < 4.78 is 9.48. The van der Waals surface area contributed by atoms with Gasteiger partial charge in [0.05, 0.1) is 0 Å². The molecule has 12 heavy (non-hydrogen) atoms. The Hall–Kier alpha value is -0.890. The first-order valence-corrected chi connectivity index (χ1v) is 4.22. The average molecular weight is 274 g/mol. The van der Waals surface area contributed by atoms with Crippen LogP contribution in [0.25, 0.3) is 0 Å². The van der Waals surface area contributed by atoms with E-state index in [1.807, 2.05) is 31.2 Å². The predicted molar refractivity (Wildman–Crippen MR) is 54.7 cm³/mol. The number of rotatable bonds is 1. The Kier molecular flexibility index (Phi) is 3.74. The van der Waals surface area contributed by atoms with Gasteiger partial charge in [0.25, 0.3) is 0 Å². The van der Waals surface area contributed by atoms with Gasteiger partial charge in [-0.25, -0.2) is 0 Å². The highest BCUT2D eigenvalue weighted by atomic mass is 127. The highest BCUT2D eigenvalue weighted by molar-refractivity contribution is 14.1. The van der Waals surface area contributed by atoms with Crippen LogP contribution in [-0.2, 0) is 3.07 Å². The van der Waals surface area contributed by atoms with E-state index >= 15 is 0 Å². The first-order chi connectivity index (χ1) is 5.83. The molecule has 0 saturated heterocycles. The topological polar surface area (TPSA) is 18.5 Å². The molecule has 0 aliphatic rings. The number of hydrogen-bond acceptors (Lipinski definition) is 2. The van der Waals surface area contributed by atoms with E-state index in [2.05, 4.69) is 15.3 Å². The summed E-state index contributed by atoms with van der Waals surface area (Å²) in [7, 11) is 0. The molecule has 0 amide bonds. The van der Waals surface area contributed by atoms with Crippen molar-refractivity contribution in [3.05, 3.63) is 29.8 Å². The lowest BCUT2D eigenvalue weighted by Crippen LogP contribution is -1.82. The van der Waals surface area contributed by atoms with Gasteiger partial charge in [0.1, 0.15) is 5.75 Å². The second kappa shape index (κ2) is 4.88. The maximum Gasteiger partial charge on any atom is 0.208 e. The first kappa shape index (κ1) is 9.20. The zero-order chi connectivity index (χ0) is 8.81. The zero-order valence-corrected chi connectivity index (χ0v) is 8.66. The molecule has 3 heteroatoms. The molecule has 0 saturated carbocycles. The molecule has 0 heterocycles. The summed E-state index contributed by atoms with van der Waals surface area (Å²) in [5.74, 6) is 0.724. The van der Waals surface area contributed by atoms with Gasteiger partial charge >= 0.3 is 0 Å². The molecule has 0 aliphatic heterocycles. The number of aryl methyl sites for hydroxylation is 1. The Balaban J connectivity index is 2.59. The van der Waals surface area contributed by atoms with Gasteiger partial charge in [-0.2, -0.15) is 0 Å². The van der Waals surface area contributed by atoms with Crippen LogP contribution in [-0.4, -0.2) is 0 Å². The molecular weight excluding hydrogens is 267 g/mol. The fourth-order valence-corrected chi connectivity index (χ4v) is 0.792. The Labute approximate surface area is 85.6 Å². The van der Waals surface area contributed by atoms with Gasteiger partial charge in [-0.1, -0.05) is 17.7 Å². The van der Waals surface area contributed by atoms with Crippen LogP contribution in [0.2, 0.25) is 0 Å². The molecule has 2 nitrogen and oxygen atoms in total. The number of benzene rings is 1. The van der Waals surface area contributed by atoms with Crippen molar-refractivity contribution < 1.29 is 7.80 Å². The molecule has 0 bridgehead atoms. The van der Waals surface area contributed by atoms with Gasteiger partial charge in [0, 0.05) is 0 Å². The van der Waals surface area contributed by atoms with Crippen LogP contribution in [0.4, 0.5) is 0 Å². The largest absolute Gasteiger partial charge is 0.405 e. The zero-order valence-electron chi connectivity index (χ0n) is 6.50. The second-order valence-corrected chi connectivity index (χ2v) is 2.64. The predicted octanol–water partition coefficient (Wildman–Crippen LogP) is 2.66. The van der Waals surface area contributed by atoms with Crippen LogP contribution in [0, 0.1) is 19.1 Å². The van der Waals surface area contributed by atoms with Crippen LogP contribution >= 0.6 is 23.0 Å². The maximum absolute atomic E-state index is 5.01. The lowest BCUT2D eigenvalue weighted by Gasteiger charge is -1.95. The third kappa shape index (κ3) is 3.01. The Morgan fingerprint density at radius 1 is 1.17 bits per heavy atom. The van der Waals surface area contributed by atoms with E-state index in [1.54, 1.807) is 23.0 Å². The minimum absolute atomic E-state index is 0.724. The molecule has 1 aromatic rings. The quantitative estimate of drug-likeness (QED) is 0.579. The van der Waals surface area contributed by atoms with Crippen molar-refractivity contribution in [3.8, 4) is 18.0 Å². The molecule has 0 aromatic heterocycles. The SMILES string of the molecule is Cc1ccc(OC#COI)cc1. The van der Waals surface area contributed by atoms with Crippen molar-refractivity contribution in [1.29, 1.82) is 0 Å². The van der Waals surface area contributed by atoms with Crippen molar-refractivity contribution in [1.82, 2.24) is 0 Å². The van der Waals surface area contributed by atoms with Crippen LogP contribution in [0.3, 0.4) is 0 Å². The summed E-state index contributed by atoms with van der Waals surface area (Å²) in [6, 6.07) is 7.64. The van der Waals surface area contributed by atoms with Crippen molar-refractivity contribution in [2.45, 2.75) is 6.92 Å². The minimum atomic E-state index is 0.724. The number of halogens is 1. The van der Waals surface area contributed by atoms with Gasteiger partial charge < -0.3 is 7.80 Å². The van der Waals surface area contributed by atoms with Crippen molar-refractivity contribution >= 4 is 23.0 Å². The first-order valence-electron chi connectivity index (χ1n) is 3.34. The molecule has 62 valence electrons. The lowest BCUT2D eigenvalue weighted by atomic mass is 10.2. The molecule has 1 rings (SSSR count). The second-order valence-electron chi connectivity index (χ2n) is 2.20. The van der Waals surface area contributed by atoms with E-state index in [4.69, 9.17) is 4.74 Å². The molecule has 0 spiro atoms. The van der Waals surface area contributed by atoms with E-state index in [-0.39, 0.29) is 0 Å². The molecule has 0 radical (unpaired) electrons. The summed E-state index contributed by atoms with van der Waals surface area (Å²) in [5, 5.41) is 0. The molecule has 0 aliphatic carbocycles. The fourth-order valence-electron chi connectivity index (χ4n) is 0.702. The normalized spacial score (nSPS) is 8.17. The van der Waals surface area contributed by atoms with E-state index in [1.165, 1.54) is 5.56 Å². The third-order valence-corrected chi connectivity index (χ3v) is 1.49. The minimum Gasteiger partial charge on any atom is -0.405 e. The molecular formula is C9H7IO2. The lowest BCUT2D eigenvalue weighted by molar-refractivity contribution is 0.509. The Morgan fingerprint density at radius 3 is 2.42 bits per heavy atom. The van der Waals surface area contributed by atoms with Gasteiger partial charge in [0.2, 0.25) is 23.0 Å². The highest BCUT2D eigenvalue weighted by Crippen LogP contribution is 2.10. The van der Waals surface area contributed by atoms with Crippen LogP contribution in [0.5, 0.6) is 5.75 Å².